The van der Waals surface area contributed by atoms with Crippen LogP contribution in [0, 0.1) is 0 Å². The lowest BCUT2D eigenvalue weighted by atomic mass is 10.3. The van der Waals surface area contributed by atoms with Crippen LogP contribution in [-0.4, -0.2) is 56.3 Å². The van der Waals surface area contributed by atoms with E-state index in [1.54, 1.807) is 31.1 Å². The summed E-state index contributed by atoms with van der Waals surface area (Å²) in [6, 6.07) is 3.13. The van der Waals surface area contributed by atoms with Crippen molar-refractivity contribution in [2.24, 2.45) is 9.98 Å². The number of nitrogens with one attached hydrogen (secondary N) is 1. The Bertz CT molecular complexity index is 725. The molecule has 10 heteroatoms. The minimum Gasteiger partial charge on any atom is -0.481 e. The zero-order valence-corrected chi connectivity index (χ0v) is 16.8. The van der Waals surface area contributed by atoms with Crippen molar-refractivity contribution in [2.75, 3.05) is 33.0 Å². The van der Waals surface area contributed by atoms with E-state index < -0.39 is 5.97 Å². The molecule has 7 nitrogen and oxygen atoms in total. The van der Waals surface area contributed by atoms with Crippen molar-refractivity contribution in [3.63, 3.8) is 0 Å². The molecule has 0 aliphatic rings. The third kappa shape index (κ3) is 6.09. The molecule has 0 atom stereocenters. The van der Waals surface area contributed by atoms with Gasteiger partial charge in [-0.1, -0.05) is 34.8 Å². The van der Waals surface area contributed by atoms with Crippen LogP contribution in [0.1, 0.15) is 6.42 Å². The first-order valence-electron chi connectivity index (χ1n) is 7.34. The second kappa shape index (κ2) is 10.3. The molecular weight excluding hydrogens is 403 g/mol. The topological polar surface area (TPSA) is 86.5 Å². The molecule has 0 bridgehead atoms. The number of benzene rings is 1. The van der Waals surface area contributed by atoms with E-state index in [2.05, 4.69) is 22.0 Å². The Morgan fingerprint density at radius 1 is 1.35 bits per heavy atom. The lowest BCUT2D eigenvalue weighted by Gasteiger charge is -2.17. The number of halogens is 3. The summed E-state index contributed by atoms with van der Waals surface area (Å²) in [5.74, 6) is -0.310. The van der Waals surface area contributed by atoms with Crippen molar-refractivity contribution < 1.29 is 14.6 Å². The first-order valence-corrected chi connectivity index (χ1v) is 8.48. The molecule has 1 aromatic carbocycles. The first-order chi connectivity index (χ1) is 12.2. The van der Waals surface area contributed by atoms with E-state index in [9.17, 15) is 4.79 Å². The van der Waals surface area contributed by atoms with Gasteiger partial charge in [0.1, 0.15) is 5.03 Å². The molecule has 0 aliphatic carbocycles. The normalized spacial score (nSPS) is 12.3. The Labute approximate surface area is 166 Å². The van der Waals surface area contributed by atoms with Crippen LogP contribution in [0.3, 0.4) is 0 Å². The van der Waals surface area contributed by atoms with E-state index >= 15 is 0 Å². The summed E-state index contributed by atoms with van der Waals surface area (Å²) in [4.78, 5) is 20.1. The second-order valence-corrected chi connectivity index (χ2v) is 6.35. The lowest BCUT2D eigenvalue weighted by molar-refractivity contribution is -0.136. The Hall–Kier alpha value is -1.96. The molecule has 0 saturated carbocycles. The standard InChI is InChI=1S/C16H19Cl3N4O3/c1-20-15(23(3)4)13(19)16(21-2)26-14-10(17)7-9(8-11(14)18)22-6-5-12(24)25/h7-8,22H,1,5-6H2,2-4H3,(H,24,25)/b15-13-,21-16+. The summed E-state index contributed by atoms with van der Waals surface area (Å²) in [6.07, 6.45) is -0.0393. The number of hydrogen-bond acceptors (Lipinski definition) is 6. The molecule has 1 aromatic rings. The fraction of sp³-hybridized carbons (Fsp3) is 0.312. The van der Waals surface area contributed by atoms with Crippen molar-refractivity contribution >= 4 is 59.1 Å². The van der Waals surface area contributed by atoms with Crippen LogP contribution in [0.5, 0.6) is 5.75 Å². The maximum Gasteiger partial charge on any atom is 0.305 e. The highest BCUT2D eigenvalue weighted by Crippen LogP contribution is 2.37. The van der Waals surface area contributed by atoms with Crippen molar-refractivity contribution in [1.82, 2.24) is 4.90 Å². The summed E-state index contributed by atoms with van der Waals surface area (Å²) >= 11 is 18.7. The van der Waals surface area contributed by atoms with E-state index in [1.807, 2.05) is 0 Å². The largest absolute Gasteiger partial charge is 0.481 e. The number of rotatable bonds is 8. The van der Waals surface area contributed by atoms with Gasteiger partial charge in [0, 0.05) is 33.4 Å². The van der Waals surface area contributed by atoms with Crippen LogP contribution in [0.4, 0.5) is 5.69 Å². The average molecular weight is 422 g/mol. The molecule has 0 aromatic heterocycles. The molecule has 0 fully saturated rings. The Morgan fingerprint density at radius 2 is 1.92 bits per heavy atom. The number of aliphatic carboxylic acids is 1. The number of ether oxygens (including phenoxy) is 1. The minimum atomic E-state index is -0.910. The van der Waals surface area contributed by atoms with Gasteiger partial charge in [-0.25, -0.2) is 4.99 Å². The van der Waals surface area contributed by atoms with Gasteiger partial charge in [-0.05, 0) is 18.9 Å². The second-order valence-electron chi connectivity index (χ2n) is 5.16. The fourth-order valence-electron chi connectivity index (χ4n) is 1.86. The molecule has 0 unspecified atom stereocenters. The van der Waals surface area contributed by atoms with E-state index in [0.29, 0.717) is 11.5 Å². The highest BCUT2D eigenvalue weighted by Gasteiger charge is 2.18. The van der Waals surface area contributed by atoms with Crippen LogP contribution in [0.15, 0.2) is 33.0 Å². The monoisotopic (exact) mass is 420 g/mol. The zero-order chi connectivity index (χ0) is 19.9. The van der Waals surface area contributed by atoms with Gasteiger partial charge in [0.2, 0.25) is 5.90 Å². The van der Waals surface area contributed by atoms with Crippen LogP contribution in [0.2, 0.25) is 10.0 Å². The molecule has 142 valence electrons. The van der Waals surface area contributed by atoms with Gasteiger partial charge >= 0.3 is 5.97 Å². The third-order valence-corrected chi connectivity index (χ3v) is 3.92. The maximum atomic E-state index is 10.6. The van der Waals surface area contributed by atoms with Gasteiger partial charge in [-0.3, -0.25) is 9.79 Å². The molecule has 0 aliphatic heterocycles. The SMILES string of the molecule is C=N/C(=C(Cl)\C(=N/C)Oc1c(Cl)cc(NCCC(=O)O)cc1Cl)N(C)C. The van der Waals surface area contributed by atoms with Crippen LogP contribution >= 0.6 is 34.8 Å². The summed E-state index contributed by atoms with van der Waals surface area (Å²) < 4.78 is 5.68. The van der Waals surface area contributed by atoms with Gasteiger partial charge in [-0.2, -0.15) is 0 Å². The van der Waals surface area contributed by atoms with Gasteiger partial charge in [-0.15, -0.1) is 0 Å². The van der Waals surface area contributed by atoms with E-state index in [4.69, 9.17) is 44.6 Å². The van der Waals surface area contributed by atoms with E-state index in [1.165, 1.54) is 7.05 Å². The summed E-state index contributed by atoms with van der Waals surface area (Å²) in [5, 5.41) is 12.1. The van der Waals surface area contributed by atoms with Gasteiger partial charge in [0.25, 0.3) is 0 Å². The fourth-order valence-corrected chi connectivity index (χ4v) is 2.78. The summed E-state index contributed by atoms with van der Waals surface area (Å²) in [7, 11) is 4.99. The van der Waals surface area contributed by atoms with Crippen LogP contribution in [-0.2, 0) is 4.79 Å². The molecule has 0 saturated heterocycles. The smallest absolute Gasteiger partial charge is 0.305 e. The Balaban J connectivity index is 3.09. The number of aliphatic imine (C=N–C) groups is 2. The Kier molecular flexibility index (Phi) is 8.71. The molecule has 0 amide bonds. The van der Waals surface area contributed by atoms with Gasteiger partial charge in [0.05, 0.1) is 16.5 Å². The first kappa shape index (κ1) is 22.1. The zero-order valence-electron chi connectivity index (χ0n) is 14.5. The van der Waals surface area contributed by atoms with Crippen LogP contribution < -0.4 is 10.1 Å². The number of carboxylic acid groups (broad SMARTS) is 1. The number of anilines is 1. The molecule has 0 spiro atoms. The number of carbonyl (C=O) groups is 1. The number of hydrogen-bond donors (Lipinski definition) is 2. The molecular formula is C16H19Cl3N4O3. The quantitative estimate of drug-likeness (QED) is 0.490. The minimum absolute atomic E-state index is 0.0393. The van der Waals surface area contributed by atoms with Crippen molar-refractivity contribution in [1.29, 1.82) is 0 Å². The molecule has 0 heterocycles. The van der Waals surface area contributed by atoms with Crippen molar-refractivity contribution in [3.05, 3.63) is 33.0 Å². The van der Waals surface area contributed by atoms with Crippen LogP contribution in [0.25, 0.3) is 0 Å². The molecule has 26 heavy (non-hydrogen) atoms. The Morgan fingerprint density at radius 3 is 2.35 bits per heavy atom. The predicted molar refractivity (Wildman–Crippen MR) is 107 cm³/mol. The van der Waals surface area contributed by atoms with E-state index in [-0.39, 0.29) is 39.7 Å². The number of carboxylic acids is 1. The van der Waals surface area contributed by atoms with Gasteiger partial charge in [0.15, 0.2) is 11.6 Å². The van der Waals surface area contributed by atoms with Crippen molar-refractivity contribution in [3.8, 4) is 5.75 Å². The van der Waals surface area contributed by atoms with Gasteiger partial charge < -0.3 is 20.1 Å². The molecule has 1 rings (SSSR count). The highest BCUT2D eigenvalue weighted by molar-refractivity contribution is 6.43. The predicted octanol–water partition coefficient (Wildman–Crippen LogP) is 3.96. The average Bonchev–Trinajstić information content (AvgIpc) is 2.54. The van der Waals surface area contributed by atoms with Crippen molar-refractivity contribution in [2.45, 2.75) is 6.42 Å². The number of nitrogens with zero attached hydrogens (tertiary/aromatic N) is 3. The summed E-state index contributed by atoms with van der Waals surface area (Å²) in [5.41, 5.74) is 0.562. The van der Waals surface area contributed by atoms with E-state index in [0.717, 1.165) is 0 Å². The lowest BCUT2D eigenvalue weighted by Crippen LogP contribution is -2.17. The maximum absolute atomic E-state index is 10.6. The molecule has 2 N–H and O–H groups in total. The summed E-state index contributed by atoms with van der Waals surface area (Å²) in [6.45, 7) is 3.70. The molecule has 0 radical (unpaired) electrons. The highest BCUT2D eigenvalue weighted by atomic mass is 35.5. The third-order valence-electron chi connectivity index (χ3n) is 3.03.